The topological polar surface area (TPSA) is 55.1 Å². The molecule has 3 heteroatoms. The molecule has 1 atom stereocenters. The number of rotatable bonds is 2. The molecule has 0 aromatic heterocycles. The Balaban J connectivity index is 3.72. The molecular formula is C6H14N2O. The first-order valence-corrected chi connectivity index (χ1v) is 3.10. The maximum atomic E-state index is 10.7. The molecule has 0 rings (SSSR count). The fourth-order valence-electron chi connectivity index (χ4n) is 0.434. The quantitative estimate of drug-likeness (QED) is 0.320. The van der Waals surface area contributed by atoms with Crippen LogP contribution in [0.5, 0.6) is 0 Å². The number of carbonyl (C=O) groups excluding carboxylic acids is 1. The summed E-state index contributed by atoms with van der Waals surface area (Å²) in [4.78, 5) is 10.7. The third-order valence-corrected chi connectivity index (χ3v) is 1.56. The molecule has 0 aromatic rings. The number of nitrogens with one attached hydrogen (secondary N) is 1. The van der Waals surface area contributed by atoms with Crippen LogP contribution in [0.1, 0.15) is 20.8 Å². The van der Waals surface area contributed by atoms with Crippen LogP contribution in [0, 0.1) is 11.8 Å². The molecule has 9 heavy (non-hydrogen) atoms. The summed E-state index contributed by atoms with van der Waals surface area (Å²) in [5.41, 5.74) is 2.11. The number of hydrogen-bond acceptors (Lipinski definition) is 2. The van der Waals surface area contributed by atoms with Crippen LogP contribution in [-0.2, 0) is 4.79 Å². The minimum absolute atomic E-state index is 0.00926. The van der Waals surface area contributed by atoms with Crippen LogP contribution in [0.25, 0.3) is 0 Å². The minimum Gasteiger partial charge on any atom is -0.294 e. The van der Waals surface area contributed by atoms with E-state index in [0.717, 1.165) is 0 Å². The summed E-state index contributed by atoms with van der Waals surface area (Å²) >= 11 is 0. The van der Waals surface area contributed by atoms with Crippen LogP contribution in [0.2, 0.25) is 0 Å². The molecule has 0 heterocycles. The van der Waals surface area contributed by atoms with Gasteiger partial charge in [0.25, 0.3) is 0 Å². The van der Waals surface area contributed by atoms with Gasteiger partial charge in [0.15, 0.2) is 0 Å². The van der Waals surface area contributed by atoms with Crippen molar-refractivity contribution in [3.63, 3.8) is 0 Å². The van der Waals surface area contributed by atoms with Crippen LogP contribution in [0.3, 0.4) is 0 Å². The van der Waals surface area contributed by atoms with Crippen molar-refractivity contribution in [1.29, 1.82) is 0 Å². The van der Waals surface area contributed by atoms with Crippen LogP contribution in [0.15, 0.2) is 0 Å². The molecule has 0 unspecified atom stereocenters. The van der Waals surface area contributed by atoms with E-state index in [2.05, 4.69) is 5.43 Å². The summed E-state index contributed by atoms with van der Waals surface area (Å²) in [6.07, 6.45) is 0. The smallest absolute Gasteiger partial charge is 0.236 e. The zero-order valence-corrected chi connectivity index (χ0v) is 6.14. The molecule has 0 aliphatic heterocycles. The molecule has 0 bridgehead atoms. The molecule has 0 saturated heterocycles. The molecule has 0 saturated carbocycles. The third-order valence-electron chi connectivity index (χ3n) is 1.56. The van der Waals surface area contributed by atoms with Gasteiger partial charge >= 0.3 is 0 Å². The number of hydrogen-bond donors (Lipinski definition) is 2. The van der Waals surface area contributed by atoms with Crippen molar-refractivity contribution in [1.82, 2.24) is 5.43 Å². The van der Waals surface area contributed by atoms with Gasteiger partial charge in [0, 0.05) is 5.92 Å². The number of amides is 1. The van der Waals surface area contributed by atoms with Crippen molar-refractivity contribution in [3.05, 3.63) is 0 Å². The van der Waals surface area contributed by atoms with Crippen LogP contribution < -0.4 is 11.3 Å². The minimum atomic E-state index is -0.0926. The number of hydrazine groups is 1. The van der Waals surface area contributed by atoms with Crippen molar-refractivity contribution in [3.8, 4) is 0 Å². The van der Waals surface area contributed by atoms with E-state index in [4.69, 9.17) is 5.84 Å². The van der Waals surface area contributed by atoms with Gasteiger partial charge in [0.2, 0.25) is 5.91 Å². The third kappa shape index (κ3) is 2.46. The summed E-state index contributed by atoms with van der Waals surface area (Å²) in [6, 6.07) is 0. The lowest BCUT2D eigenvalue weighted by molar-refractivity contribution is -0.125. The van der Waals surface area contributed by atoms with Crippen molar-refractivity contribution >= 4 is 5.91 Å². The molecular weight excluding hydrogens is 116 g/mol. The number of carbonyl (C=O) groups is 1. The molecule has 0 spiro atoms. The van der Waals surface area contributed by atoms with Crippen molar-refractivity contribution < 1.29 is 4.79 Å². The van der Waals surface area contributed by atoms with Crippen LogP contribution >= 0.6 is 0 Å². The first-order valence-electron chi connectivity index (χ1n) is 3.10. The summed E-state index contributed by atoms with van der Waals surface area (Å²) in [5.74, 6) is 5.18. The maximum Gasteiger partial charge on any atom is 0.236 e. The molecule has 3 N–H and O–H groups in total. The van der Waals surface area contributed by atoms with Crippen LogP contribution in [0.4, 0.5) is 0 Å². The van der Waals surface area contributed by atoms with E-state index >= 15 is 0 Å². The summed E-state index contributed by atoms with van der Waals surface area (Å²) in [7, 11) is 0. The van der Waals surface area contributed by atoms with Gasteiger partial charge in [-0.25, -0.2) is 5.84 Å². The Morgan fingerprint density at radius 2 is 1.89 bits per heavy atom. The SMILES string of the molecule is CC(C)[C@H](C)C(=O)NN. The average molecular weight is 130 g/mol. The van der Waals surface area contributed by atoms with Gasteiger partial charge in [-0.1, -0.05) is 20.8 Å². The summed E-state index contributed by atoms with van der Waals surface area (Å²) in [6.45, 7) is 5.83. The predicted molar refractivity (Wildman–Crippen MR) is 36.3 cm³/mol. The molecule has 0 radical (unpaired) electrons. The molecule has 0 aliphatic carbocycles. The molecule has 1 amide bonds. The Morgan fingerprint density at radius 1 is 1.44 bits per heavy atom. The lowest BCUT2D eigenvalue weighted by Gasteiger charge is -2.12. The van der Waals surface area contributed by atoms with Crippen molar-refractivity contribution in [2.75, 3.05) is 0 Å². The van der Waals surface area contributed by atoms with E-state index in [1.165, 1.54) is 0 Å². The van der Waals surface area contributed by atoms with Crippen molar-refractivity contribution in [2.45, 2.75) is 20.8 Å². The van der Waals surface area contributed by atoms with E-state index in [0.29, 0.717) is 5.92 Å². The molecule has 54 valence electrons. The second-order valence-corrected chi connectivity index (χ2v) is 2.54. The van der Waals surface area contributed by atoms with Gasteiger partial charge in [-0.3, -0.25) is 10.2 Å². The standard InChI is InChI=1S/C6H14N2O/c1-4(2)5(3)6(9)8-7/h4-5H,7H2,1-3H3,(H,8,9)/t5-/m0/s1. The lowest BCUT2D eigenvalue weighted by Crippen LogP contribution is -2.36. The molecule has 0 aromatic carbocycles. The van der Waals surface area contributed by atoms with Gasteiger partial charge < -0.3 is 0 Å². The fourth-order valence-corrected chi connectivity index (χ4v) is 0.434. The van der Waals surface area contributed by atoms with Gasteiger partial charge in [-0.2, -0.15) is 0 Å². The summed E-state index contributed by atoms with van der Waals surface area (Å²) < 4.78 is 0. The van der Waals surface area contributed by atoms with Gasteiger partial charge in [-0.05, 0) is 5.92 Å². The zero-order chi connectivity index (χ0) is 7.44. The molecule has 3 nitrogen and oxygen atoms in total. The average Bonchev–Trinajstić information content (AvgIpc) is 1.84. The van der Waals surface area contributed by atoms with E-state index in [9.17, 15) is 4.79 Å². The van der Waals surface area contributed by atoms with Crippen LogP contribution in [-0.4, -0.2) is 5.91 Å². The predicted octanol–water partition coefficient (Wildman–Crippen LogP) is 0.268. The highest BCUT2D eigenvalue weighted by Crippen LogP contribution is 2.07. The Bertz CT molecular complexity index is 101. The molecule has 0 aliphatic rings. The first-order chi connectivity index (χ1) is 4.09. The maximum absolute atomic E-state index is 10.7. The highest BCUT2D eigenvalue weighted by Gasteiger charge is 2.14. The zero-order valence-electron chi connectivity index (χ0n) is 6.14. The number of nitrogens with two attached hydrogens (primary N) is 1. The normalized spacial score (nSPS) is 13.4. The van der Waals surface area contributed by atoms with E-state index in [1.807, 2.05) is 20.8 Å². The molecule has 0 fully saturated rings. The van der Waals surface area contributed by atoms with Gasteiger partial charge in [0.05, 0.1) is 0 Å². The highest BCUT2D eigenvalue weighted by atomic mass is 16.2. The Hall–Kier alpha value is -0.570. The second kappa shape index (κ2) is 3.45. The monoisotopic (exact) mass is 130 g/mol. The Kier molecular flexibility index (Phi) is 3.24. The highest BCUT2D eigenvalue weighted by molar-refractivity contribution is 5.77. The van der Waals surface area contributed by atoms with E-state index < -0.39 is 0 Å². The fraction of sp³-hybridized carbons (Fsp3) is 0.833. The largest absolute Gasteiger partial charge is 0.294 e. The van der Waals surface area contributed by atoms with E-state index in [-0.39, 0.29) is 11.8 Å². The van der Waals surface area contributed by atoms with E-state index in [1.54, 1.807) is 0 Å². The lowest BCUT2D eigenvalue weighted by atomic mass is 9.98. The van der Waals surface area contributed by atoms with Gasteiger partial charge in [0.1, 0.15) is 0 Å². The Labute approximate surface area is 55.6 Å². The van der Waals surface area contributed by atoms with Crippen molar-refractivity contribution in [2.24, 2.45) is 17.7 Å². The Morgan fingerprint density at radius 3 is 2.00 bits per heavy atom. The second-order valence-electron chi connectivity index (χ2n) is 2.54. The summed E-state index contributed by atoms with van der Waals surface area (Å²) in [5, 5.41) is 0. The van der Waals surface area contributed by atoms with Gasteiger partial charge in [-0.15, -0.1) is 0 Å². The first kappa shape index (κ1) is 8.43.